The highest BCUT2D eigenvalue weighted by atomic mass is 32.2. The Morgan fingerprint density at radius 2 is 1.67 bits per heavy atom. The van der Waals surface area contributed by atoms with Crippen LogP contribution in [0.4, 0.5) is 5.69 Å². The topological polar surface area (TPSA) is 97.2 Å². The molecule has 0 aliphatic carbocycles. The smallest absolute Gasteiger partial charge is 0.243 e. The van der Waals surface area contributed by atoms with Crippen LogP contribution in [0, 0.1) is 33.6 Å². The number of hydrogen-bond acceptors (Lipinski definition) is 5. The molecular weight excluding hydrogens is 438 g/mol. The summed E-state index contributed by atoms with van der Waals surface area (Å²) in [5, 5.41) is 10.8. The van der Waals surface area contributed by atoms with Crippen molar-refractivity contribution in [2.24, 2.45) is 5.92 Å². The van der Waals surface area contributed by atoms with Gasteiger partial charge in [-0.05, 0) is 74.9 Å². The molecule has 1 saturated heterocycles. The molecule has 2 aromatic carbocycles. The van der Waals surface area contributed by atoms with E-state index in [1.54, 1.807) is 17.1 Å². The van der Waals surface area contributed by atoms with Gasteiger partial charge in [0.25, 0.3) is 0 Å². The molecule has 2 heterocycles. The van der Waals surface area contributed by atoms with Crippen molar-refractivity contribution >= 4 is 21.6 Å². The van der Waals surface area contributed by atoms with Crippen LogP contribution in [0.15, 0.2) is 47.6 Å². The van der Waals surface area contributed by atoms with Crippen molar-refractivity contribution in [2.75, 3.05) is 18.4 Å². The maximum absolute atomic E-state index is 13.5. The molecule has 0 bridgehead atoms. The molecule has 0 unspecified atom stereocenters. The lowest BCUT2D eigenvalue weighted by Gasteiger charge is -2.32. The molecule has 3 aromatic rings. The van der Waals surface area contributed by atoms with Crippen molar-refractivity contribution in [3.8, 4) is 5.69 Å². The Morgan fingerprint density at radius 1 is 1.03 bits per heavy atom. The Bertz CT molecular complexity index is 1250. The molecule has 1 aromatic heterocycles. The van der Waals surface area contributed by atoms with Gasteiger partial charge in [0.1, 0.15) is 0 Å². The molecule has 1 N–H and O–H groups in total. The van der Waals surface area contributed by atoms with E-state index >= 15 is 0 Å². The normalized spacial score (nSPS) is 15.5. The van der Waals surface area contributed by atoms with E-state index in [1.807, 2.05) is 58.0 Å². The van der Waals surface area contributed by atoms with E-state index in [1.165, 1.54) is 4.31 Å². The van der Waals surface area contributed by atoms with Gasteiger partial charge in [-0.15, -0.1) is 5.10 Å². The Balaban J connectivity index is 1.48. The molecule has 0 atom stereocenters. The molecule has 1 aliphatic rings. The highest BCUT2D eigenvalue weighted by Crippen LogP contribution is 2.31. The molecule has 0 saturated carbocycles. The third-order valence-corrected chi connectivity index (χ3v) is 8.72. The van der Waals surface area contributed by atoms with Gasteiger partial charge in [-0.3, -0.25) is 4.79 Å². The predicted octanol–water partition coefficient (Wildman–Crippen LogP) is 3.54. The number of carbonyl (C=O) groups is 1. The first-order chi connectivity index (χ1) is 15.7. The van der Waals surface area contributed by atoms with E-state index in [0.29, 0.717) is 36.5 Å². The van der Waals surface area contributed by atoms with Crippen LogP contribution >= 0.6 is 0 Å². The number of sulfonamides is 1. The molecule has 0 spiro atoms. The number of anilines is 1. The fourth-order valence-electron chi connectivity index (χ4n) is 4.41. The van der Waals surface area contributed by atoms with Crippen LogP contribution in [0.25, 0.3) is 5.69 Å². The quantitative estimate of drug-likeness (QED) is 0.619. The SMILES string of the molecule is Cc1cc(C)c(C)c(S(=O)(=O)N2CCC(C(=O)Nc3ccccc3-n3ccnn3)CC2)c1C. The van der Waals surface area contributed by atoms with Crippen LogP contribution < -0.4 is 5.32 Å². The summed E-state index contributed by atoms with van der Waals surface area (Å²) in [6, 6.07) is 9.41. The third kappa shape index (κ3) is 4.43. The zero-order valence-electron chi connectivity index (χ0n) is 19.4. The number of rotatable bonds is 5. The van der Waals surface area contributed by atoms with Gasteiger partial charge in [-0.25, -0.2) is 13.1 Å². The lowest BCUT2D eigenvalue weighted by Crippen LogP contribution is -2.42. The average Bonchev–Trinajstić information content (AvgIpc) is 3.33. The second kappa shape index (κ2) is 9.07. The van der Waals surface area contributed by atoms with E-state index in [2.05, 4.69) is 15.6 Å². The second-order valence-corrected chi connectivity index (χ2v) is 10.5. The summed E-state index contributed by atoms with van der Waals surface area (Å²) in [5.74, 6) is -0.375. The molecular formula is C24H29N5O3S. The van der Waals surface area contributed by atoms with Gasteiger partial charge < -0.3 is 5.32 Å². The fraction of sp³-hybridized carbons (Fsp3) is 0.375. The van der Waals surface area contributed by atoms with Gasteiger partial charge in [0.2, 0.25) is 15.9 Å². The van der Waals surface area contributed by atoms with Crippen molar-refractivity contribution in [3.05, 3.63) is 65.0 Å². The number of carbonyl (C=O) groups excluding carboxylic acids is 1. The zero-order valence-corrected chi connectivity index (χ0v) is 20.2. The number of nitrogens with zero attached hydrogens (tertiary/aromatic N) is 4. The van der Waals surface area contributed by atoms with Crippen LogP contribution in [-0.4, -0.2) is 46.7 Å². The Morgan fingerprint density at radius 3 is 2.27 bits per heavy atom. The molecule has 1 fully saturated rings. The van der Waals surface area contributed by atoms with Crippen LogP contribution in [0.5, 0.6) is 0 Å². The Hall–Kier alpha value is -3.04. The zero-order chi connectivity index (χ0) is 23.8. The molecule has 1 amide bonds. The highest BCUT2D eigenvalue weighted by Gasteiger charge is 2.34. The molecule has 9 heteroatoms. The maximum atomic E-state index is 13.5. The van der Waals surface area contributed by atoms with E-state index in [-0.39, 0.29) is 11.8 Å². The number of piperidine rings is 1. The summed E-state index contributed by atoms with van der Waals surface area (Å²) in [6.45, 7) is 8.24. The lowest BCUT2D eigenvalue weighted by molar-refractivity contribution is -0.120. The minimum atomic E-state index is -3.63. The van der Waals surface area contributed by atoms with Crippen LogP contribution in [-0.2, 0) is 14.8 Å². The van der Waals surface area contributed by atoms with Crippen molar-refractivity contribution in [1.82, 2.24) is 19.3 Å². The Kier molecular flexibility index (Phi) is 6.36. The monoisotopic (exact) mass is 467 g/mol. The molecule has 8 nitrogen and oxygen atoms in total. The van der Waals surface area contributed by atoms with Gasteiger partial charge in [-0.1, -0.05) is 23.4 Å². The minimum Gasteiger partial charge on any atom is -0.324 e. The van der Waals surface area contributed by atoms with E-state index in [0.717, 1.165) is 27.9 Å². The van der Waals surface area contributed by atoms with E-state index in [9.17, 15) is 13.2 Å². The number of benzene rings is 2. The Labute approximate surface area is 194 Å². The molecule has 1 aliphatic heterocycles. The number of nitrogens with one attached hydrogen (secondary N) is 1. The van der Waals surface area contributed by atoms with Gasteiger partial charge in [0, 0.05) is 19.0 Å². The van der Waals surface area contributed by atoms with Gasteiger partial charge in [0.05, 0.1) is 28.7 Å². The summed E-state index contributed by atoms with van der Waals surface area (Å²) < 4.78 is 30.1. The van der Waals surface area contributed by atoms with Crippen LogP contribution in [0.2, 0.25) is 0 Å². The first-order valence-corrected chi connectivity index (χ1v) is 12.5. The van der Waals surface area contributed by atoms with Crippen LogP contribution in [0.3, 0.4) is 0 Å². The summed E-state index contributed by atoms with van der Waals surface area (Å²) in [5.41, 5.74) is 4.90. The largest absolute Gasteiger partial charge is 0.324 e. The molecule has 4 rings (SSSR count). The molecule has 0 radical (unpaired) electrons. The van der Waals surface area contributed by atoms with Crippen LogP contribution in [0.1, 0.15) is 35.1 Å². The van der Waals surface area contributed by atoms with Gasteiger partial charge in [0.15, 0.2) is 0 Å². The third-order valence-electron chi connectivity index (χ3n) is 6.55. The predicted molar refractivity (Wildman–Crippen MR) is 127 cm³/mol. The first-order valence-electron chi connectivity index (χ1n) is 11.0. The van der Waals surface area contributed by atoms with Crippen molar-refractivity contribution < 1.29 is 13.2 Å². The van der Waals surface area contributed by atoms with Crippen molar-refractivity contribution in [3.63, 3.8) is 0 Å². The number of hydrogen-bond donors (Lipinski definition) is 1. The number of aryl methyl sites for hydroxylation is 2. The van der Waals surface area contributed by atoms with Gasteiger partial charge >= 0.3 is 0 Å². The average molecular weight is 468 g/mol. The summed E-state index contributed by atoms with van der Waals surface area (Å²) in [6.07, 6.45) is 4.23. The second-order valence-electron chi connectivity index (χ2n) is 8.62. The van der Waals surface area contributed by atoms with E-state index < -0.39 is 10.0 Å². The maximum Gasteiger partial charge on any atom is 0.243 e. The molecule has 174 valence electrons. The van der Waals surface area contributed by atoms with Crippen molar-refractivity contribution in [2.45, 2.75) is 45.4 Å². The summed E-state index contributed by atoms with van der Waals surface area (Å²) >= 11 is 0. The summed E-state index contributed by atoms with van der Waals surface area (Å²) in [4.78, 5) is 13.4. The number of aromatic nitrogens is 3. The molecule has 33 heavy (non-hydrogen) atoms. The minimum absolute atomic E-state index is 0.113. The standard InChI is InChI=1S/C24H29N5O3S/c1-16-15-17(2)19(4)23(18(16)3)33(31,32)28-12-9-20(10-13-28)24(30)26-21-7-5-6-8-22(21)29-14-11-25-27-29/h5-8,11,14-15,20H,9-10,12-13H2,1-4H3,(H,26,30). The van der Waals surface area contributed by atoms with E-state index in [4.69, 9.17) is 0 Å². The van der Waals surface area contributed by atoms with Crippen molar-refractivity contribution in [1.29, 1.82) is 0 Å². The highest BCUT2D eigenvalue weighted by molar-refractivity contribution is 7.89. The first kappa shape index (κ1) is 23.1. The summed E-state index contributed by atoms with van der Waals surface area (Å²) in [7, 11) is -3.63. The fourth-order valence-corrected chi connectivity index (χ4v) is 6.45. The number of para-hydroxylation sites is 2. The number of amides is 1. The van der Waals surface area contributed by atoms with Gasteiger partial charge in [-0.2, -0.15) is 4.31 Å². The lowest BCUT2D eigenvalue weighted by atomic mass is 9.97.